The molecule has 2 atom stereocenters. The number of carbonyl (C=O) groups excluding carboxylic acids is 1. The minimum Gasteiger partial charge on any atom is -0.377 e. The smallest absolute Gasteiger partial charge is 0.227 e. The van der Waals surface area contributed by atoms with Gasteiger partial charge < -0.3 is 15.8 Å². The van der Waals surface area contributed by atoms with Gasteiger partial charge in [0, 0.05) is 18.2 Å². The van der Waals surface area contributed by atoms with Gasteiger partial charge in [0.25, 0.3) is 0 Å². The second kappa shape index (κ2) is 7.41. The Morgan fingerprint density at radius 1 is 1.45 bits per heavy atom. The Kier molecular flexibility index (Phi) is 5.56. The van der Waals surface area contributed by atoms with Crippen molar-refractivity contribution in [3.05, 3.63) is 29.8 Å². The van der Waals surface area contributed by atoms with E-state index in [1.165, 1.54) is 0 Å². The van der Waals surface area contributed by atoms with Crippen molar-refractivity contribution < 1.29 is 9.53 Å². The molecule has 0 aliphatic heterocycles. The van der Waals surface area contributed by atoms with Crippen LogP contribution < -0.4 is 11.1 Å². The zero-order valence-electron chi connectivity index (χ0n) is 12.1. The van der Waals surface area contributed by atoms with Crippen LogP contribution in [0.25, 0.3) is 0 Å². The van der Waals surface area contributed by atoms with Crippen LogP contribution in [0.5, 0.6) is 0 Å². The second-order valence-electron chi connectivity index (χ2n) is 5.36. The molecule has 2 rings (SSSR count). The average Bonchev–Trinajstić information content (AvgIpc) is 2.94. The molecule has 1 aromatic carbocycles. The molecule has 4 heteroatoms. The Hall–Kier alpha value is -1.39. The lowest BCUT2D eigenvalue weighted by Crippen LogP contribution is -2.29. The van der Waals surface area contributed by atoms with Crippen LogP contribution in [0, 0.1) is 11.8 Å². The van der Waals surface area contributed by atoms with Crippen molar-refractivity contribution in [2.45, 2.75) is 32.8 Å². The zero-order valence-corrected chi connectivity index (χ0v) is 12.1. The van der Waals surface area contributed by atoms with Gasteiger partial charge in [0.15, 0.2) is 0 Å². The molecule has 3 N–H and O–H groups in total. The molecule has 20 heavy (non-hydrogen) atoms. The lowest BCUT2D eigenvalue weighted by molar-refractivity contribution is -0.120. The predicted octanol–water partition coefficient (Wildman–Crippen LogP) is 2.54. The summed E-state index contributed by atoms with van der Waals surface area (Å²) >= 11 is 0. The van der Waals surface area contributed by atoms with E-state index in [1.807, 2.05) is 31.2 Å². The van der Waals surface area contributed by atoms with Crippen LogP contribution in [-0.4, -0.2) is 19.1 Å². The van der Waals surface area contributed by atoms with Gasteiger partial charge in [-0.15, -0.1) is 0 Å². The molecule has 0 saturated heterocycles. The molecule has 110 valence electrons. The van der Waals surface area contributed by atoms with Gasteiger partial charge in [-0.05, 0) is 49.9 Å². The first kappa shape index (κ1) is 15.0. The van der Waals surface area contributed by atoms with Crippen LogP contribution >= 0.6 is 0 Å². The molecule has 0 unspecified atom stereocenters. The molecule has 1 aromatic rings. The molecule has 1 aliphatic carbocycles. The normalized spacial score (nSPS) is 21.9. The SMILES string of the molecule is CCOCc1cccc(NC(=O)[C@@H]2CCC[C@@H]2CN)c1. The number of rotatable bonds is 6. The Morgan fingerprint density at radius 3 is 3.05 bits per heavy atom. The highest BCUT2D eigenvalue weighted by Gasteiger charge is 2.31. The first-order chi connectivity index (χ1) is 9.74. The number of anilines is 1. The lowest BCUT2D eigenvalue weighted by Gasteiger charge is -2.17. The first-order valence-electron chi connectivity index (χ1n) is 7.42. The number of carbonyl (C=O) groups is 1. The third-order valence-corrected chi connectivity index (χ3v) is 3.97. The quantitative estimate of drug-likeness (QED) is 0.839. The monoisotopic (exact) mass is 276 g/mol. The molecule has 1 amide bonds. The largest absolute Gasteiger partial charge is 0.377 e. The van der Waals surface area contributed by atoms with Gasteiger partial charge in [0.2, 0.25) is 5.91 Å². The van der Waals surface area contributed by atoms with E-state index in [0.717, 1.165) is 30.5 Å². The third kappa shape index (κ3) is 3.81. The Bertz CT molecular complexity index is 448. The molecule has 0 radical (unpaired) electrons. The molecule has 0 heterocycles. The number of ether oxygens (including phenoxy) is 1. The number of amides is 1. The topological polar surface area (TPSA) is 64.3 Å². The van der Waals surface area contributed by atoms with Crippen LogP contribution in [0.2, 0.25) is 0 Å². The predicted molar refractivity (Wildman–Crippen MR) is 80.3 cm³/mol. The zero-order chi connectivity index (χ0) is 14.4. The van der Waals surface area contributed by atoms with E-state index in [0.29, 0.717) is 25.7 Å². The fourth-order valence-corrected chi connectivity index (χ4v) is 2.86. The molecule has 1 saturated carbocycles. The van der Waals surface area contributed by atoms with E-state index in [4.69, 9.17) is 10.5 Å². The maximum Gasteiger partial charge on any atom is 0.227 e. The standard InChI is InChI=1S/C16H24N2O2/c1-2-20-11-12-5-3-7-14(9-12)18-16(19)15-8-4-6-13(15)10-17/h3,5,7,9,13,15H,2,4,6,8,10-11,17H2,1H3,(H,18,19)/t13-,15-/m1/s1. The number of nitrogens with two attached hydrogens (primary N) is 1. The third-order valence-electron chi connectivity index (χ3n) is 3.97. The Morgan fingerprint density at radius 2 is 2.30 bits per heavy atom. The number of nitrogens with one attached hydrogen (secondary N) is 1. The maximum absolute atomic E-state index is 12.3. The summed E-state index contributed by atoms with van der Waals surface area (Å²) in [6.45, 7) is 3.84. The summed E-state index contributed by atoms with van der Waals surface area (Å²) in [5.74, 6) is 0.503. The van der Waals surface area contributed by atoms with Gasteiger partial charge in [-0.25, -0.2) is 0 Å². The van der Waals surface area contributed by atoms with Crippen LogP contribution in [0.4, 0.5) is 5.69 Å². The highest BCUT2D eigenvalue weighted by Crippen LogP contribution is 2.31. The second-order valence-corrected chi connectivity index (χ2v) is 5.36. The van der Waals surface area contributed by atoms with Crippen molar-refractivity contribution in [3.8, 4) is 0 Å². The lowest BCUT2D eigenvalue weighted by atomic mass is 9.95. The number of hydrogen-bond acceptors (Lipinski definition) is 3. The highest BCUT2D eigenvalue weighted by molar-refractivity contribution is 5.93. The summed E-state index contributed by atoms with van der Waals surface area (Å²) in [6, 6.07) is 7.84. The minimum atomic E-state index is 0.0653. The minimum absolute atomic E-state index is 0.0653. The molecular formula is C16H24N2O2. The maximum atomic E-state index is 12.3. The van der Waals surface area contributed by atoms with Crippen molar-refractivity contribution in [3.63, 3.8) is 0 Å². The van der Waals surface area contributed by atoms with E-state index in [-0.39, 0.29) is 11.8 Å². The van der Waals surface area contributed by atoms with Crippen LogP contribution in [0.3, 0.4) is 0 Å². The van der Waals surface area contributed by atoms with Crippen molar-refractivity contribution in [2.75, 3.05) is 18.5 Å². The molecule has 4 nitrogen and oxygen atoms in total. The van der Waals surface area contributed by atoms with Gasteiger partial charge in [-0.2, -0.15) is 0 Å². The van der Waals surface area contributed by atoms with E-state index >= 15 is 0 Å². The van der Waals surface area contributed by atoms with Crippen molar-refractivity contribution in [1.29, 1.82) is 0 Å². The molecule has 0 bridgehead atoms. The van der Waals surface area contributed by atoms with Crippen molar-refractivity contribution in [1.82, 2.24) is 0 Å². The fraction of sp³-hybridized carbons (Fsp3) is 0.562. The Balaban J connectivity index is 1.97. The molecular weight excluding hydrogens is 252 g/mol. The molecule has 0 spiro atoms. The molecule has 0 aromatic heterocycles. The Labute approximate surface area is 120 Å². The summed E-state index contributed by atoms with van der Waals surface area (Å²) in [5.41, 5.74) is 7.66. The van der Waals surface area contributed by atoms with Crippen LogP contribution in [-0.2, 0) is 16.1 Å². The average molecular weight is 276 g/mol. The van der Waals surface area contributed by atoms with Gasteiger partial charge in [-0.1, -0.05) is 18.6 Å². The van der Waals surface area contributed by atoms with Gasteiger partial charge in [-0.3, -0.25) is 4.79 Å². The summed E-state index contributed by atoms with van der Waals surface area (Å²) in [7, 11) is 0. The summed E-state index contributed by atoms with van der Waals surface area (Å²) < 4.78 is 5.38. The van der Waals surface area contributed by atoms with Gasteiger partial charge in [0.05, 0.1) is 6.61 Å². The number of benzene rings is 1. The van der Waals surface area contributed by atoms with Gasteiger partial charge in [0.1, 0.15) is 0 Å². The van der Waals surface area contributed by atoms with Crippen molar-refractivity contribution >= 4 is 11.6 Å². The van der Waals surface area contributed by atoms with E-state index in [2.05, 4.69) is 5.32 Å². The van der Waals surface area contributed by atoms with Crippen molar-refractivity contribution in [2.24, 2.45) is 17.6 Å². The van der Waals surface area contributed by atoms with E-state index < -0.39 is 0 Å². The van der Waals surface area contributed by atoms with Crippen LogP contribution in [0.15, 0.2) is 24.3 Å². The molecule has 1 fully saturated rings. The summed E-state index contributed by atoms with van der Waals surface area (Å²) in [5, 5.41) is 3.01. The number of hydrogen-bond donors (Lipinski definition) is 2. The summed E-state index contributed by atoms with van der Waals surface area (Å²) in [6.07, 6.45) is 3.12. The van der Waals surface area contributed by atoms with Gasteiger partial charge >= 0.3 is 0 Å². The van der Waals surface area contributed by atoms with E-state index in [1.54, 1.807) is 0 Å². The molecule has 1 aliphatic rings. The highest BCUT2D eigenvalue weighted by atomic mass is 16.5. The van der Waals surface area contributed by atoms with Crippen LogP contribution in [0.1, 0.15) is 31.7 Å². The van der Waals surface area contributed by atoms with E-state index in [9.17, 15) is 4.79 Å². The fourth-order valence-electron chi connectivity index (χ4n) is 2.86. The summed E-state index contributed by atoms with van der Waals surface area (Å²) in [4.78, 5) is 12.3. The first-order valence-corrected chi connectivity index (χ1v) is 7.42.